The molecule has 0 spiro atoms. The number of aromatic nitrogens is 1. The molecule has 0 unspecified atom stereocenters. The molecule has 29 heavy (non-hydrogen) atoms. The molecule has 1 aliphatic rings. The lowest BCUT2D eigenvalue weighted by molar-refractivity contribution is -0.149. The van der Waals surface area contributed by atoms with Gasteiger partial charge in [-0.25, -0.2) is 4.39 Å². The lowest BCUT2D eigenvalue weighted by Gasteiger charge is -2.13. The average molecular weight is 416 g/mol. The highest BCUT2D eigenvalue weighted by atomic mass is 32.2. The number of aryl methyl sites for hydroxylation is 1. The third-order valence-electron chi connectivity index (χ3n) is 4.37. The highest BCUT2D eigenvalue weighted by Crippen LogP contribution is 2.33. The predicted molar refractivity (Wildman–Crippen MR) is 109 cm³/mol. The number of halogens is 1. The Kier molecular flexibility index (Phi) is 5.93. The van der Waals surface area contributed by atoms with Gasteiger partial charge in [-0.2, -0.15) is 0 Å². The van der Waals surface area contributed by atoms with Crippen LogP contribution in [0.1, 0.15) is 30.8 Å². The van der Waals surface area contributed by atoms with E-state index in [-0.39, 0.29) is 16.8 Å². The van der Waals surface area contributed by atoms with Crippen LogP contribution in [0.4, 0.5) is 9.18 Å². The van der Waals surface area contributed by atoms with Gasteiger partial charge in [-0.15, -0.1) is 0 Å². The van der Waals surface area contributed by atoms with Gasteiger partial charge in [0.1, 0.15) is 12.4 Å². The van der Waals surface area contributed by atoms with Crippen LogP contribution in [0.3, 0.4) is 0 Å². The fourth-order valence-electron chi connectivity index (χ4n) is 3.13. The zero-order valence-electron chi connectivity index (χ0n) is 16.6. The van der Waals surface area contributed by atoms with Crippen molar-refractivity contribution in [1.29, 1.82) is 0 Å². The fourth-order valence-corrected chi connectivity index (χ4v) is 3.96. The van der Waals surface area contributed by atoms with Gasteiger partial charge in [0, 0.05) is 17.1 Å². The van der Waals surface area contributed by atoms with Crippen LogP contribution in [0, 0.1) is 19.7 Å². The molecule has 1 aliphatic heterocycles. The van der Waals surface area contributed by atoms with E-state index in [4.69, 9.17) is 4.74 Å². The molecule has 0 saturated carbocycles. The Labute approximate surface area is 172 Å². The number of esters is 1. The minimum atomic E-state index is -0.627. The zero-order valence-corrected chi connectivity index (χ0v) is 17.4. The van der Waals surface area contributed by atoms with E-state index in [9.17, 15) is 18.8 Å². The molecule has 6 nitrogen and oxygen atoms in total. The van der Waals surface area contributed by atoms with Crippen molar-refractivity contribution in [1.82, 2.24) is 9.47 Å². The number of hydrogen-bond donors (Lipinski definition) is 0. The number of thioether (sulfide) groups is 1. The third-order valence-corrected chi connectivity index (χ3v) is 5.28. The number of amides is 2. The quantitative estimate of drug-likeness (QED) is 0.539. The second-order valence-corrected chi connectivity index (χ2v) is 7.94. The molecule has 1 saturated heterocycles. The van der Waals surface area contributed by atoms with Crippen molar-refractivity contribution in [2.45, 2.75) is 33.8 Å². The van der Waals surface area contributed by atoms with Crippen LogP contribution in [-0.4, -0.2) is 39.2 Å². The van der Waals surface area contributed by atoms with Crippen LogP contribution >= 0.6 is 11.8 Å². The second kappa shape index (κ2) is 8.24. The van der Waals surface area contributed by atoms with Gasteiger partial charge in [-0.1, -0.05) is 0 Å². The van der Waals surface area contributed by atoms with Gasteiger partial charge in [0.2, 0.25) is 0 Å². The fraction of sp³-hybridized carbons (Fsp3) is 0.286. The van der Waals surface area contributed by atoms with Gasteiger partial charge in [-0.3, -0.25) is 19.3 Å². The molecule has 8 heteroatoms. The van der Waals surface area contributed by atoms with Crippen molar-refractivity contribution >= 4 is 35.0 Å². The summed E-state index contributed by atoms with van der Waals surface area (Å²) in [7, 11) is 0. The molecule has 2 heterocycles. The molecular formula is C21H21FN2O4S. The Morgan fingerprint density at radius 1 is 1.21 bits per heavy atom. The third kappa shape index (κ3) is 4.42. The zero-order chi connectivity index (χ0) is 21.3. The summed E-state index contributed by atoms with van der Waals surface area (Å²) >= 11 is 0.791. The Balaban J connectivity index is 1.86. The van der Waals surface area contributed by atoms with Crippen molar-refractivity contribution < 1.29 is 23.5 Å². The smallest absolute Gasteiger partial charge is 0.326 e. The lowest BCUT2D eigenvalue weighted by atomic mass is 10.2. The molecule has 152 valence electrons. The molecule has 0 radical (unpaired) electrons. The van der Waals surface area contributed by atoms with Gasteiger partial charge in [-0.05, 0) is 81.4 Å². The highest BCUT2D eigenvalue weighted by Gasteiger charge is 2.37. The molecule has 1 aromatic heterocycles. The molecule has 1 fully saturated rings. The van der Waals surface area contributed by atoms with E-state index in [2.05, 4.69) is 0 Å². The van der Waals surface area contributed by atoms with Crippen molar-refractivity contribution in [2.24, 2.45) is 0 Å². The maximum Gasteiger partial charge on any atom is 0.326 e. The molecular weight excluding hydrogens is 395 g/mol. The number of ether oxygens (including phenoxy) is 1. The molecule has 0 N–H and O–H groups in total. The van der Waals surface area contributed by atoms with E-state index in [1.807, 2.05) is 24.5 Å². The highest BCUT2D eigenvalue weighted by molar-refractivity contribution is 8.18. The predicted octanol–water partition coefficient (Wildman–Crippen LogP) is 4.22. The van der Waals surface area contributed by atoms with Crippen LogP contribution in [-0.2, 0) is 14.3 Å². The van der Waals surface area contributed by atoms with Crippen LogP contribution in [0.5, 0.6) is 0 Å². The Hall–Kier alpha value is -2.87. The van der Waals surface area contributed by atoms with Crippen LogP contribution < -0.4 is 0 Å². The van der Waals surface area contributed by atoms with E-state index in [1.165, 1.54) is 12.1 Å². The summed E-state index contributed by atoms with van der Waals surface area (Å²) < 4.78 is 20.2. The van der Waals surface area contributed by atoms with Crippen molar-refractivity contribution in [2.75, 3.05) is 6.54 Å². The van der Waals surface area contributed by atoms with Gasteiger partial charge in [0.25, 0.3) is 11.1 Å². The number of carbonyl (C=O) groups excluding carboxylic acids is 3. The largest absolute Gasteiger partial charge is 0.462 e. The maximum atomic E-state index is 13.2. The van der Waals surface area contributed by atoms with Crippen molar-refractivity contribution in [3.05, 3.63) is 58.0 Å². The molecule has 3 rings (SSSR count). The normalized spacial score (nSPS) is 15.7. The van der Waals surface area contributed by atoms with E-state index in [0.717, 1.165) is 39.3 Å². The van der Waals surface area contributed by atoms with E-state index in [1.54, 1.807) is 32.1 Å². The summed E-state index contributed by atoms with van der Waals surface area (Å²) in [6, 6.07) is 8.01. The van der Waals surface area contributed by atoms with E-state index < -0.39 is 23.7 Å². The number of rotatable bonds is 5. The first-order chi connectivity index (χ1) is 13.7. The summed E-state index contributed by atoms with van der Waals surface area (Å²) in [6.45, 7) is 6.77. The molecule has 1 aromatic carbocycles. The van der Waals surface area contributed by atoms with E-state index >= 15 is 0 Å². The second-order valence-electron chi connectivity index (χ2n) is 6.94. The Bertz CT molecular complexity index is 1010. The number of nitrogens with zero attached hydrogens (tertiary/aromatic N) is 2. The van der Waals surface area contributed by atoms with Gasteiger partial charge >= 0.3 is 5.97 Å². The van der Waals surface area contributed by atoms with E-state index in [0.29, 0.717) is 0 Å². The first-order valence-corrected chi connectivity index (χ1v) is 9.88. The van der Waals surface area contributed by atoms with Gasteiger partial charge in [0.05, 0.1) is 11.0 Å². The van der Waals surface area contributed by atoms with Crippen LogP contribution in [0.25, 0.3) is 11.8 Å². The van der Waals surface area contributed by atoms with Crippen LogP contribution in [0.15, 0.2) is 35.2 Å². The van der Waals surface area contributed by atoms with Gasteiger partial charge in [0.15, 0.2) is 0 Å². The standard InChI is InChI=1S/C21H21FN2O4S/c1-12(2)28-19(25)11-23-20(26)18(29-21(23)27)10-15-9-13(3)24(14(15)4)17-7-5-16(22)6-8-17/h5-10,12H,11H2,1-4H3/b18-10-. The summed E-state index contributed by atoms with van der Waals surface area (Å²) in [5, 5.41) is -0.505. The molecule has 0 aliphatic carbocycles. The Morgan fingerprint density at radius 3 is 2.48 bits per heavy atom. The van der Waals surface area contributed by atoms with Crippen LogP contribution in [0.2, 0.25) is 0 Å². The summed E-state index contributed by atoms with van der Waals surface area (Å²) in [4.78, 5) is 37.8. The summed E-state index contributed by atoms with van der Waals surface area (Å²) in [5.41, 5.74) is 3.31. The number of carbonyl (C=O) groups is 3. The van der Waals surface area contributed by atoms with Crippen molar-refractivity contribution in [3.63, 3.8) is 0 Å². The summed E-state index contributed by atoms with van der Waals surface area (Å²) in [6.07, 6.45) is 1.32. The molecule has 2 amide bonds. The van der Waals surface area contributed by atoms with Crippen molar-refractivity contribution in [3.8, 4) is 5.69 Å². The average Bonchev–Trinajstić information content (AvgIpc) is 3.05. The monoisotopic (exact) mass is 416 g/mol. The molecule has 0 atom stereocenters. The topological polar surface area (TPSA) is 68.6 Å². The first-order valence-electron chi connectivity index (χ1n) is 9.07. The SMILES string of the molecule is Cc1cc(/C=C2\SC(=O)N(CC(=O)OC(C)C)C2=O)c(C)n1-c1ccc(F)cc1. The minimum Gasteiger partial charge on any atom is -0.462 e. The summed E-state index contributed by atoms with van der Waals surface area (Å²) in [5.74, 6) is -1.47. The molecule has 2 aromatic rings. The number of benzene rings is 1. The maximum absolute atomic E-state index is 13.2. The van der Waals surface area contributed by atoms with Gasteiger partial charge < -0.3 is 9.30 Å². The first kappa shape index (κ1) is 20.9. The Morgan fingerprint density at radius 2 is 1.86 bits per heavy atom. The number of imide groups is 1. The minimum absolute atomic E-state index is 0.242. The lowest BCUT2D eigenvalue weighted by Crippen LogP contribution is -2.35. The number of hydrogen-bond acceptors (Lipinski definition) is 5. The molecule has 0 bridgehead atoms.